The third-order valence-corrected chi connectivity index (χ3v) is 4.82. The molecular formula is C18H16O2S. The zero-order valence-electron chi connectivity index (χ0n) is 12.1. The Hall–Kier alpha value is -2.13. The van der Waals surface area contributed by atoms with Gasteiger partial charge in [0.1, 0.15) is 0 Å². The van der Waals surface area contributed by atoms with Gasteiger partial charge in [0.05, 0.1) is 12.2 Å². The number of fused-ring (bicyclic) bond motifs is 1. The molecule has 0 amide bonds. The van der Waals surface area contributed by atoms with E-state index in [4.69, 9.17) is 4.74 Å². The lowest BCUT2D eigenvalue weighted by molar-refractivity contribution is 0.0526. The highest BCUT2D eigenvalue weighted by Crippen LogP contribution is 2.37. The highest BCUT2D eigenvalue weighted by molar-refractivity contribution is 7.22. The van der Waals surface area contributed by atoms with Gasteiger partial charge < -0.3 is 4.74 Å². The van der Waals surface area contributed by atoms with Crippen LogP contribution in [0, 0.1) is 6.92 Å². The van der Waals surface area contributed by atoms with Crippen molar-refractivity contribution in [3.05, 3.63) is 59.7 Å². The van der Waals surface area contributed by atoms with Crippen molar-refractivity contribution in [2.45, 2.75) is 13.8 Å². The van der Waals surface area contributed by atoms with Crippen molar-refractivity contribution in [3.8, 4) is 10.4 Å². The van der Waals surface area contributed by atoms with Crippen molar-refractivity contribution in [2.75, 3.05) is 6.61 Å². The van der Waals surface area contributed by atoms with Crippen LogP contribution >= 0.6 is 11.3 Å². The molecule has 3 aromatic rings. The molecule has 0 radical (unpaired) electrons. The molecule has 0 fully saturated rings. The molecule has 2 aromatic carbocycles. The van der Waals surface area contributed by atoms with Gasteiger partial charge in [-0.15, -0.1) is 11.3 Å². The highest BCUT2D eigenvalue weighted by atomic mass is 32.1. The summed E-state index contributed by atoms with van der Waals surface area (Å²) in [4.78, 5) is 12.9. The third-order valence-electron chi connectivity index (χ3n) is 3.50. The maximum absolute atomic E-state index is 11.7. The largest absolute Gasteiger partial charge is 0.462 e. The van der Waals surface area contributed by atoms with Crippen molar-refractivity contribution in [1.82, 2.24) is 0 Å². The molecule has 0 atom stereocenters. The van der Waals surface area contributed by atoms with Crippen LogP contribution in [0.4, 0.5) is 0 Å². The molecule has 0 bridgehead atoms. The van der Waals surface area contributed by atoms with Crippen LogP contribution < -0.4 is 0 Å². The lowest BCUT2D eigenvalue weighted by Gasteiger charge is -2.04. The van der Waals surface area contributed by atoms with E-state index < -0.39 is 0 Å². The zero-order valence-corrected chi connectivity index (χ0v) is 12.9. The molecule has 106 valence electrons. The number of aryl methyl sites for hydroxylation is 1. The van der Waals surface area contributed by atoms with Gasteiger partial charge in [0.15, 0.2) is 0 Å². The number of ether oxygens (including phenoxy) is 1. The van der Waals surface area contributed by atoms with Crippen LogP contribution in [0.1, 0.15) is 22.8 Å². The van der Waals surface area contributed by atoms with Crippen molar-refractivity contribution in [3.63, 3.8) is 0 Å². The number of hydrogen-bond donors (Lipinski definition) is 0. The standard InChI is InChI=1S/C18H16O2S/c1-3-20-18(19)14-10-8-13(9-11-14)17-12(2)15-6-4-5-7-16(15)21-17/h4-11H,3H2,1-2H3. The Morgan fingerprint density at radius 3 is 2.48 bits per heavy atom. The maximum Gasteiger partial charge on any atom is 0.338 e. The van der Waals surface area contributed by atoms with Crippen LogP contribution in [0.15, 0.2) is 48.5 Å². The summed E-state index contributed by atoms with van der Waals surface area (Å²) < 4.78 is 6.30. The summed E-state index contributed by atoms with van der Waals surface area (Å²) in [6.07, 6.45) is 0. The molecule has 0 saturated carbocycles. The van der Waals surface area contributed by atoms with E-state index in [2.05, 4.69) is 31.2 Å². The average molecular weight is 296 g/mol. The van der Waals surface area contributed by atoms with Crippen LogP contribution in [0.2, 0.25) is 0 Å². The van der Waals surface area contributed by atoms with Crippen LogP contribution in [0.3, 0.4) is 0 Å². The summed E-state index contributed by atoms with van der Waals surface area (Å²) in [6, 6.07) is 16.1. The monoisotopic (exact) mass is 296 g/mol. The molecule has 1 aromatic heterocycles. The van der Waals surface area contributed by atoms with Gasteiger partial charge in [-0.2, -0.15) is 0 Å². The molecule has 0 aliphatic rings. The quantitative estimate of drug-likeness (QED) is 0.632. The summed E-state index contributed by atoms with van der Waals surface area (Å²) in [5.41, 5.74) is 3.03. The fraction of sp³-hybridized carbons (Fsp3) is 0.167. The summed E-state index contributed by atoms with van der Waals surface area (Å²) >= 11 is 1.79. The minimum absolute atomic E-state index is 0.267. The Morgan fingerprint density at radius 1 is 1.10 bits per heavy atom. The van der Waals surface area contributed by atoms with Gasteiger partial charge in [0.25, 0.3) is 0 Å². The molecule has 0 N–H and O–H groups in total. The number of benzene rings is 2. The van der Waals surface area contributed by atoms with Gasteiger partial charge in [0.2, 0.25) is 0 Å². The second-order valence-electron chi connectivity index (χ2n) is 4.85. The van der Waals surface area contributed by atoms with E-state index in [0.29, 0.717) is 12.2 Å². The number of esters is 1. The lowest BCUT2D eigenvalue weighted by atomic mass is 10.1. The normalized spacial score (nSPS) is 10.8. The Morgan fingerprint density at radius 2 is 1.81 bits per heavy atom. The molecule has 3 heteroatoms. The van der Waals surface area contributed by atoms with Crippen molar-refractivity contribution in [1.29, 1.82) is 0 Å². The minimum Gasteiger partial charge on any atom is -0.462 e. The third kappa shape index (κ3) is 2.57. The topological polar surface area (TPSA) is 26.3 Å². The first kappa shape index (κ1) is 13.8. The number of carbonyl (C=O) groups excluding carboxylic acids is 1. The van der Waals surface area contributed by atoms with Crippen LogP contribution in [0.25, 0.3) is 20.5 Å². The van der Waals surface area contributed by atoms with Crippen molar-refractivity contribution in [2.24, 2.45) is 0 Å². The van der Waals surface area contributed by atoms with E-state index in [1.54, 1.807) is 11.3 Å². The molecule has 0 saturated heterocycles. The predicted molar refractivity (Wildman–Crippen MR) is 88.0 cm³/mol. The summed E-state index contributed by atoms with van der Waals surface area (Å²) in [5, 5.41) is 1.30. The zero-order chi connectivity index (χ0) is 14.8. The second kappa shape index (κ2) is 5.70. The Labute approximate surface area is 128 Å². The number of rotatable bonds is 3. The first-order valence-corrected chi connectivity index (χ1v) is 7.78. The van der Waals surface area contributed by atoms with Gasteiger partial charge in [-0.25, -0.2) is 4.79 Å². The van der Waals surface area contributed by atoms with Crippen LogP contribution in [-0.2, 0) is 4.74 Å². The van der Waals surface area contributed by atoms with Gasteiger partial charge >= 0.3 is 5.97 Å². The average Bonchev–Trinajstić information content (AvgIpc) is 2.85. The molecule has 0 spiro atoms. The fourth-order valence-corrected chi connectivity index (χ4v) is 3.64. The van der Waals surface area contributed by atoms with Crippen LogP contribution in [-0.4, -0.2) is 12.6 Å². The van der Waals surface area contributed by atoms with E-state index in [0.717, 1.165) is 5.56 Å². The first-order chi connectivity index (χ1) is 10.2. The number of thiophene rings is 1. The SMILES string of the molecule is CCOC(=O)c1ccc(-c2sc3ccccc3c2C)cc1. The molecule has 0 aliphatic heterocycles. The van der Waals surface area contributed by atoms with E-state index in [1.807, 2.05) is 31.2 Å². The molecule has 0 aliphatic carbocycles. The first-order valence-electron chi connectivity index (χ1n) is 6.96. The summed E-state index contributed by atoms with van der Waals surface area (Å²) in [5.74, 6) is -0.267. The summed E-state index contributed by atoms with van der Waals surface area (Å²) in [6.45, 7) is 4.36. The van der Waals surface area contributed by atoms with Crippen molar-refractivity contribution >= 4 is 27.4 Å². The summed E-state index contributed by atoms with van der Waals surface area (Å²) in [7, 11) is 0. The Bertz CT molecular complexity index is 785. The second-order valence-corrected chi connectivity index (χ2v) is 5.90. The molecule has 3 rings (SSSR count). The van der Waals surface area contributed by atoms with E-state index >= 15 is 0 Å². The number of hydrogen-bond acceptors (Lipinski definition) is 3. The van der Waals surface area contributed by atoms with E-state index in [9.17, 15) is 4.79 Å². The smallest absolute Gasteiger partial charge is 0.338 e. The highest BCUT2D eigenvalue weighted by Gasteiger charge is 2.11. The lowest BCUT2D eigenvalue weighted by Crippen LogP contribution is -2.03. The van der Waals surface area contributed by atoms with Gasteiger partial charge in [0, 0.05) is 9.58 Å². The maximum atomic E-state index is 11.7. The fourth-order valence-electron chi connectivity index (χ4n) is 2.42. The van der Waals surface area contributed by atoms with E-state index in [-0.39, 0.29) is 5.97 Å². The predicted octanol–water partition coefficient (Wildman–Crippen LogP) is 5.05. The molecular weight excluding hydrogens is 280 g/mol. The van der Waals surface area contributed by atoms with Gasteiger partial charge in [-0.05, 0) is 48.6 Å². The van der Waals surface area contributed by atoms with Gasteiger partial charge in [-0.1, -0.05) is 30.3 Å². The molecule has 0 unspecified atom stereocenters. The Balaban J connectivity index is 1.99. The molecule has 1 heterocycles. The van der Waals surface area contributed by atoms with Crippen molar-refractivity contribution < 1.29 is 9.53 Å². The molecule has 21 heavy (non-hydrogen) atoms. The van der Waals surface area contributed by atoms with Gasteiger partial charge in [-0.3, -0.25) is 0 Å². The van der Waals surface area contributed by atoms with E-state index in [1.165, 1.54) is 20.5 Å². The number of carbonyl (C=O) groups is 1. The van der Waals surface area contributed by atoms with Crippen LogP contribution in [0.5, 0.6) is 0 Å². The molecule has 2 nitrogen and oxygen atoms in total. The minimum atomic E-state index is -0.267. The Kier molecular flexibility index (Phi) is 3.76.